The van der Waals surface area contributed by atoms with Crippen LogP contribution in [0.3, 0.4) is 0 Å². The van der Waals surface area contributed by atoms with Crippen LogP contribution < -0.4 is 4.74 Å². The van der Waals surface area contributed by atoms with Crippen molar-refractivity contribution in [2.75, 3.05) is 6.61 Å². The zero-order valence-electron chi connectivity index (χ0n) is 26.2. The Bertz CT molecular complexity index is 1620. The average molecular weight is 625 g/mol. The van der Waals surface area contributed by atoms with E-state index in [1.54, 1.807) is 18.2 Å². The third kappa shape index (κ3) is 8.07. The van der Waals surface area contributed by atoms with Crippen molar-refractivity contribution < 1.29 is 56.8 Å². The first-order valence-electron chi connectivity index (χ1n) is 14.3. The zero-order chi connectivity index (χ0) is 33.0. The fourth-order valence-electron chi connectivity index (χ4n) is 5.34. The molecule has 0 radical (unpaired) electrons. The van der Waals surface area contributed by atoms with Crippen LogP contribution in [-0.2, 0) is 54.1 Å². The van der Waals surface area contributed by atoms with Gasteiger partial charge in [0.1, 0.15) is 35.9 Å². The lowest BCUT2D eigenvalue weighted by atomic mass is 9.89. The van der Waals surface area contributed by atoms with Gasteiger partial charge in [-0.15, -0.1) is 0 Å². The van der Waals surface area contributed by atoms with Crippen molar-refractivity contribution in [3.63, 3.8) is 0 Å². The van der Waals surface area contributed by atoms with Gasteiger partial charge in [0.05, 0.1) is 0 Å². The van der Waals surface area contributed by atoms with Crippen LogP contribution in [0.2, 0.25) is 0 Å². The Morgan fingerprint density at radius 1 is 0.733 bits per heavy atom. The fourth-order valence-corrected chi connectivity index (χ4v) is 5.34. The molecule has 3 aromatic rings. The summed E-state index contributed by atoms with van der Waals surface area (Å²) >= 11 is 0. The van der Waals surface area contributed by atoms with E-state index in [0.717, 1.165) is 48.4 Å². The summed E-state index contributed by atoms with van der Waals surface area (Å²) in [5, 5.41) is 0.949. The normalized spacial score (nSPS) is 21.1. The molecule has 1 aliphatic heterocycles. The maximum Gasteiger partial charge on any atom is 0.308 e. The summed E-state index contributed by atoms with van der Waals surface area (Å²) in [6.07, 6.45) is -6.15. The van der Waals surface area contributed by atoms with Crippen molar-refractivity contribution in [2.45, 2.75) is 85.4 Å². The summed E-state index contributed by atoms with van der Waals surface area (Å²) in [6, 6.07) is 11.0. The quantitative estimate of drug-likeness (QED) is 0.189. The largest absolute Gasteiger partial charge is 0.463 e. The van der Waals surface area contributed by atoms with Crippen LogP contribution in [0.25, 0.3) is 11.0 Å². The first-order valence-corrected chi connectivity index (χ1v) is 14.3. The van der Waals surface area contributed by atoms with E-state index in [-0.39, 0.29) is 11.3 Å². The molecule has 5 atom stereocenters. The van der Waals surface area contributed by atoms with Gasteiger partial charge < -0.3 is 32.8 Å². The Kier molecular flexibility index (Phi) is 10.3. The number of aryl methyl sites for hydroxylation is 2. The van der Waals surface area contributed by atoms with Crippen LogP contribution in [0.1, 0.15) is 68.7 Å². The van der Waals surface area contributed by atoms with Crippen molar-refractivity contribution in [3.8, 4) is 5.75 Å². The number of carbonyl (C=O) groups excluding carboxylic acids is 5. The molecule has 1 aliphatic rings. The van der Waals surface area contributed by atoms with Gasteiger partial charge in [-0.25, -0.2) is 0 Å². The maximum absolute atomic E-state index is 12.4. The van der Waals surface area contributed by atoms with Gasteiger partial charge in [0.25, 0.3) is 0 Å². The SMILES string of the molecule is CC(=O)OC[C@H]1O[C@@H](c2cc(Cc3cc4ccc(C)c(C)c4o3)ccc2OC(C)=O)[C@H](OC(C)=O)C(OC(C)=O)[C@@H]1OC(C)=O. The topological polar surface area (TPSA) is 154 Å². The molecule has 0 bridgehead atoms. The minimum atomic E-state index is -1.38. The minimum absolute atomic E-state index is 0.0863. The van der Waals surface area contributed by atoms with Gasteiger partial charge in [-0.05, 0) is 48.7 Å². The average Bonchev–Trinajstić information content (AvgIpc) is 3.35. The molecule has 0 spiro atoms. The molecule has 12 nitrogen and oxygen atoms in total. The molecular weight excluding hydrogens is 588 g/mol. The summed E-state index contributed by atoms with van der Waals surface area (Å²) in [5.74, 6) is -2.75. The lowest BCUT2D eigenvalue weighted by Gasteiger charge is -2.44. The molecular formula is C33H36O12. The first kappa shape index (κ1) is 33.2. The summed E-state index contributed by atoms with van der Waals surface area (Å²) in [6.45, 7) is 9.45. The van der Waals surface area contributed by atoms with Crippen LogP contribution in [-0.4, -0.2) is 60.9 Å². The number of carbonyl (C=O) groups is 5. The second-order valence-corrected chi connectivity index (χ2v) is 10.9. The maximum atomic E-state index is 12.4. The number of ether oxygens (including phenoxy) is 6. The zero-order valence-corrected chi connectivity index (χ0v) is 26.2. The number of furan rings is 1. The smallest absolute Gasteiger partial charge is 0.308 e. The molecule has 1 aromatic heterocycles. The van der Waals surface area contributed by atoms with E-state index >= 15 is 0 Å². The van der Waals surface area contributed by atoms with E-state index in [9.17, 15) is 24.0 Å². The molecule has 0 amide bonds. The summed E-state index contributed by atoms with van der Waals surface area (Å²) in [7, 11) is 0. The van der Waals surface area contributed by atoms with E-state index in [0.29, 0.717) is 12.2 Å². The van der Waals surface area contributed by atoms with Gasteiger partial charge in [0, 0.05) is 52.0 Å². The molecule has 1 saturated heterocycles. The van der Waals surface area contributed by atoms with E-state index in [4.69, 9.17) is 32.8 Å². The fraction of sp³-hybridized carbons (Fsp3) is 0.424. The van der Waals surface area contributed by atoms with E-state index < -0.39 is 67.0 Å². The highest BCUT2D eigenvalue weighted by atomic mass is 16.7. The number of benzene rings is 2. The summed E-state index contributed by atoms with van der Waals surface area (Å²) < 4.78 is 39.9. The second kappa shape index (κ2) is 13.9. The highest BCUT2D eigenvalue weighted by Gasteiger charge is 2.53. The Balaban J connectivity index is 1.84. The number of esters is 5. The van der Waals surface area contributed by atoms with Gasteiger partial charge in [-0.2, -0.15) is 0 Å². The van der Waals surface area contributed by atoms with Crippen molar-refractivity contribution in [3.05, 3.63) is 64.4 Å². The number of hydrogen-bond acceptors (Lipinski definition) is 12. The lowest BCUT2D eigenvalue weighted by Crippen LogP contribution is -2.59. The third-order valence-corrected chi connectivity index (χ3v) is 7.26. The molecule has 240 valence electrons. The van der Waals surface area contributed by atoms with Crippen LogP contribution in [0.15, 0.2) is 40.8 Å². The van der Waals surface area contributed by atoms with Gasteiger partial charge in [-0.1, -0.05) is 18.2 Å². The Morgan fingerprint density at radius 2 is 1.38 bits per heavy atom. The van der Waals surface area contributed by atoms with Crippen LogP contribution in [0.5, 0.6) is 5.75 Å². The highest BCUT2D eigenvalue weighted by molar-refractivity contribution is 5.82. The molecule has 1 fully saturated rings. The monoisotopic (exact) mass is 624 g/mol. The van der Waals surface area contributed by atoms with Crippen LogP contribution >= 0.6 is 0 Å². The molecule has 1 unspecified atom stereocenters. The van der Waals surface area contributed by atoms with Gasteiger partial charge >= 0.3 is 29.8 Å². The number of rotatable bonds is 9. The van der Waals surface area contributed by atoms with Crippen LogP contribution in [0.4, 0.5) is 0 Å². The van der Waals surface area contributed by atoms with Gasteiger partial charge in [-0.3, -0.25) is 24.0 Å². The standard InChI is InChI=1S/C33H36O12/c1-16-8-10-24-14-25(44-29(24)17(16)2)12-23-9-11-27(40-19(4)35)26(13-23)30-32(42-21(6)37)33(43-22(7)38)31(41-20(5)36)28(45-30)15-39-18(3)34/h8-11,13-14,28,30-33H,12,15H2,1-7H3/t28-,30+,31-,32+,33?/m1/s1. The first-order chi connectivity index (χ1) is 21.2. The molecule has 12 heteroatoms. The van der Waals surface area contributed by atoms with Gasteiger partial charge in [0.2, 0.25) is 0 Å². The predicted molar refractivity (Wildman–Crippen MR) is 157 cm³/mol. The van der Waals surface area contributed by atoms with E-state index in [2.05, 4.69) is 0 Å². The number of fused-ring (bicyclic) bond motifs is 1. The number of hydrogen-bond donors (Lipinski definition) is 0. The molecule has 2 heterocycles. The van der Waals surface area contributed by atoms with Crippen molar-refractivity contribution in [1.82, 2.24) is 0 Å². The second-order valence-electron chi connectivity index (χ2n) is 10.9. The van der Waals surface area contributed by atoms with Crippen molar-refractivity contribution >= 4 is 40.8 Å². The van der Waals surface area contributed by atoms with Crippen molar-refractivity contribution in [1.29, 1.82) is 0 Å². The molecule has 4 rings (SSSR count). The van der Waals surface area contributed by atoms with E-state index in [1.165, 1.54) is 13.8 Å². The molecule has 0 N–H and O–H groups in total. The minimum Gasteiger partial charge on any atom is -0.463 e. The lowest BCUT2D eigenvalue weighted by molar-refractivity contribution is -0.254. The van der Waals surface area contributed by atoms with Gasteiger partial charge in [0.15, 0.2) is 18.3 Å². The Morgan fingerprint density at radius 3 is 2.00 bits per heavy atom. The predicted octanol–water partition coefficient (Wildman–Crippen LogP) is 4.36. The van der Waals surface area contributed by atoms with Crippen LogP contribution in [0, 0.1) is 13.8 Å². The Hall–Kier alpha value is -4.71. The molecule has 45 heavy (non-hydrogen) atoms. The summed E-state index contributed by atoms with van der Waals surface area (Å²) in [5.41, 5.74) is 3.90. The molecule has 0 aliphatic carbocycles. The summed E-state index contributed by atoms with van der Waals surface area (Å²) in [4.78, 5) is 60.6. The molecule has 0 saturated carbocycles. The Labute approximate surface area is 259 Å². The molecule has 2 aromatic carbocycles. The highest BCUT2D eigenvalue weighted by Crippen LogP contribution is 2.42. The van der Waals surface area contributed by atoms with E-state index in [1.807, 2.05) is 32.0 Å². The third-order valence-electron chi connectivity index (χ3n) is 7.26. The van der Waals surface area contributed by atoms with Crippen molar-refractivity contribution in [2.24, 2.45) is 0 Å².